The van der Waals surface area contributed by atoms with Crippen LogP contribution in [0.2, 0.25) is 0 Å². The van der Waals surface area contributed by atoms with Crippen LogP contribution in [0.1, 0.15) is 22.8 Å². The van der Waals surface area contributed by atoms with Crippen LogP contribution in [-0.2, 0) is 17.7 Å². The van der Waals surface area contributed by atoms with Gasteiger partial charge in [-0.2, -0.15) is 4.57 Å². The highest BCUT2D eigenvalue weighted by atomic mass is 35.5. The minimum atomic E-state index is -0.383. The number of hydrogen-bond acceptors (Lipinski definition) is 6. The van der Waals surface area contributed by atoms with Crippen molar-refractivity contribution in [3.05, 3.63) is 41.6 Å². The minimum Gasteiger partial charge on any atom is -1.00 e. The number of aryl methyl sites for hydroxylation is 2. The van der Waals surface area contributed by atoms with Crippen LogP contribution in [0.3, 0.4) is 0 Å². The maximum absolute atomic E-state index is 13.2. The van der Waals surface area contributed by atoms with Gasteiger partial charge in [0.05, 0.1) is 46.0 Å². The van der Waals surface area contributed by atoms with Crippen molar-refractivity contribution < 1.29 is 45.5 Å². The highest BCUT2D eigenvalue weighted by Crippen LogP contribution is 2.42. The van der Waals surface area contributed by atoms with Gasteiger partial charge in [0.15, 0.2) is 35.7 Å². The number of methoxy groups -OCH3 is 4. The standard InChI is InChI=1S/C24H26NO6.ClH/c1-6-31-24(26)21-15-7-8-18(27-2)23(30-5)17(15)13-25-10-9-14-11-19(28-3)20(29-4)12-16(14)22(21)25;/h7-8,11-13H,6,9-10H2,1-5H3;1H/q+1;/p-1. The van der Waals surface area contributed by atoms with E-state index >= 15 is 0 Å². The number of halogens is 1. The number of hydrogen-bond donors (Lipinski definition) is 0. The van der Waals surface area contributed by atoms with Gasteiger partial charge >= 0.3 is 5.97 Å². The molecule has 1 aromatic heterocycles. The Kier molecular flexibility index (Phi) is 6.99. The Balaban J connectivity index is 0.00000289. The number of aromatic nitrogens is 1. The van der Waals surface area contributed by atoms with Crippen molar-refractivity contribution in [2.45, 2.75) is 19.9 Å². The van der Waals surface area contributed by atoms with Gasteiger partial charge in [-0.05, 0) is 36.8 Å². The van der Waals surface area contributed by atoms with Crippen molar-refractivity contribution in [2.24, 2.45) is 0 Å². The number of esters is 1. The first-order valence-corrected chi connectivity index (χ1v) is 10.1. The molecule has 0 fully saturated rings. The van der Waals surface area contributed by atoms with E-state index in [9.17, 15) is 4.79 Å². The van der Waals surface area contributed by atoms with E-state index in [2.05, 4.69) is 4.57 Å². The van der Waals surface area contributed by atoms with Crippen LogP contribution >= 0.6 is 0 Å². The van der Waals surface area contributed by atoms with Gasteiger partial charge in [-0.15, -0.1) is 0 Å². The number of carbonyl (C=O) groups is 1. The van der Waals surface area contributed by atoms with E-state index in [0.29, 0.717) is 35.1 Å². The first kappa shape index (κ1) is 23.5. The van der Waals surface area contributed by atoms with E-state index in [1.807, 2.05) is 24.4 Å². The topological polar surface area (TPSA) is 67.1 Å². The molecular weight excluding hydrogens is 434 g/mol. The summed E-state index contributed by atoms with van der Waals surface area (Å²) in [4.78, 5) is 13.2. The summed E-state index contributed by atoms with van der Waals surface area (Å²) >= 11 is 0. The summed E-state index contributed by atoms with van der Waals surface area (Å²) in [7, 11) is 6.41. The maximum Gasteiger partial charge on any atom is 0.345 e. The molecule has 0 radical (unpaired) electrons. The van der Waals surface area contributed by atoms with Crippen molar-refractivity contribution in [3.63, 3.8) is 0 Å². The number of benzene rings is 2. The molecule has 8 heteroatoms. The Morgan fingerprint density at radius 3 is 2.25 bits per heavy atom. The molecule has 0 atom stereocenters. The van der Waals surface area contributed by atoms with Gasteiger partial charge in [0.25, 0.3) is 0 Å². The fourth-order valence-electron chi connectivity index (χ4n) is 4.25. The smallest absolute Gasteiger partial charge is 0.345 e. The van der Waals surface area contributed by atoms with Gasteiger partial charge in [0, 0.05) is 11.8 Å². The molecule has 0 aliphatic carbocycles. The monoisotopic (exact) mass is 459 g/mol. The summed E-state index contributed by atoms with van der Waals surface area (Å²) in [5, 5.41) is 1.53. The zero-order chi connectivity index (χ0) is 22.1. The minimum absolute atomic E-state index is 0. The highest BCUT2D eigenvalue weighted by molar-refractivity contribution is 6.10. The number of pyridine rings is 1. The van der Waals surface area contributed by atoms with Gasteiger partial charge in [0.1, 0.15) is 5.56 Å². The van der Waals surface area contributed by atoms with Crippen LogP contribution in [0.15, 0.2) is 30.5 Å². The molecule has 0 unspecified atom stereocenters. The fraction of sp³-hybridized carbons (Fsp3) is 0.333. The molecule has 170 valence electrons. The van der Waals surface area contributed by atoms with Crippen LogP contribution in [0, 0.1) is 0 Å². The third-order valence-electron chi connectivity index (χ3n) is 5.63. The number of rotatable bonds is 6. The Morgan fingerprint density at radius 2 is 1.62 bits per heavy atom. The highest BCUT2D eigenvalue weighted by Gasteiger charge is 2.34. The molecule has 7 nitrogen and oxygen atoms in total. The summed E-state index contributed by atoms with van der Waals surface area (Å²) in [6.45, 7) is 2.77. The van der Waals surface area contributed by atoms with Crippen molar-refractivity contribution in [1.82, 2.24) is 0 Å². The van der Waals surface area contributed by atoms with Gasteiger partial charge in [0.2, 0.25) is 5.69 Å². The lowest BCUT2D eigenvalue weighted by Crippen LogP contribution is -3.00. The molecule has 0 amide bonds. The Bertz CT molecular complexity index is 1180. The third kappa shape index (κ3) is 3.66. The quantitative estimate of drug-likeness (QED) is 0.396. The molecular formula is C24H26ClNO6. The second-order valence-corrected chi connectivity index (χ2v) is 7.14. The van der Waals surface area contributed by atoms with Crippen LogP contribution in [0.5, 0.6) is 23.0 Å². The van der Waals surface area contributed by atoms with Crippen molar-refractivity contribution in [2.75, 3.05) is 35.0 Å². The average Bonchev–Trinajstić information content (AvgIpc) is 2.80. The number of nitrogens with zero attached hydrogens (tertiary/aromatic N) is 1. The molecule has 0 saturated carbocycles. The Hall–Kier alpha value is -3.19. The van der Waals surface area contributed by atoms with E-state index in [-0.39, 0.29) is 25.0 Å². The van der Waals surface area contributed by atoms with Crippen LogP contribution in [-0.4, -0.2) is 41.0 Å². The molecule has 2 aromatic carbocycles. The second kappa shape index (κ2) is 9.53. The van der Waals surface area contributed by atoms with Crippen LogP contribution in [0.25, 0.3) is 22.0 Å². The van der Waals surface area contributed by atoms with Gasteiger partial charge in [-0.1, -0.05) is 0 Å². The third-order valence-corrected chi connectivity index (χ3v) is 5.63. The number of carbonyl (C=O) groups excluding carboxylic acids is 1. The van der Waals surface area contributed by atoms with Gasteiger partial charge in [-0.3, -0.25) is 0 Å². The lowest BCUT2D eigenvalue weighted by molar-refractivity contribution is -0.686. The van der Waals surface area contributed by atoms with Crippen molar-refractivity contribution in [1.29, 1.82) is 0 Å². The Morgan fingerprint density at radius 1 is 0.938 bits per heavy atom. The maximum atomic E-state index is 13.2. The van der Waals surface area contributed by atoms with E-state index < -0.39 is 0 Å². The summed E-state index contributed by atoms with van der Waals surface area (Å²) in [6, 6.07) is 7.58. The van der Waals surface area contributed by atoms with Crippen LogP contribution in [0.4, 0.5) is 0 Å². The van der Waals surface area contributed by atoms with Crippen molar-refractivity contribution in [3.8, 4) is 34.3 Å². The van der Waals surface area contributed by atoms with E-state index in [4.69, 9.17) is 23.7 Å². The zero-order valence-electron chi connectivity index (χ0n) is 18.8. The van der Waals surface area contributed by atoms with Gasteiger partial charge in [-0.25, -0.2) is 4.79 Å². The lowest BCUT2D eigenvalue weighted by Gasteiger charge is -2.21. The predicted octanol–water partition coefficient (Wildman–Crippen LogP) is 0.566. The van der Waals surface area contributed by atoms with Crippen LogP contribution < -0.4 is 35.9 Å². The predicted molar refractivity (Wildman–Crippen MR) is 115 cm³/mol. The molecule has 0 saturated heterocycles. The molecule has 0 bridgehead atoms. The second-order valence-electron chi connectivity index (χ2n) is 7.14. The van der Waals surface area contributed by atoms with Crippen molar-refractivity contribution >= 4 is 16.7 Å². The van der Waals surface area contributed by atoms with E-state index in [1.54, 1.807) is 41.4 Å². The molecule has 2 heterocycles. The molecule has 32 heavy (non-hydrogen) atoms. The Labute approximate surface area is 193 Å². The molecule has 1 aliphatic rings. The number of ether oxygens (including phenoxy) is 5. The first-order valence-electron chi connectivity index (χ1n) is 10.1. The molecule has 4 rings (SSSR count). The summed E-state index contributed by atoms with van der Waals surface area (Å²) < 4.78 is 29.7. The molecule has 0 N–H and O–H groups in total. The molecule has 3 aromatic rings. The van der Waals surface area contributed by atoms with E-state index in [1.165, 1.54) is 0 Å². The number of fused-ring (bicyclic) bond motifs is 4. The molecule has 1 aliphatic heterocycles. The van der Waals surface area contributed by atoms with E-state index in [0.717, 1.165) is 34.0 Å². The SMILES string of the molecule is CCOC(=O)c1c2[n+](cc3c(OC)c(OC)ccc13)CCc1cc(OC)c(OC)cc1-2.[Cl-]. The fourth-order valence-corrected chi connectivity index (χ4v) is 4.25. The summed E-state index contributed by atoms with van der Waals surface area (Å²) in [5.41, 5.74) is 3.29. The average molecular weight is 460 g/mol. The first-order chi connectivity index (χ1) is 15.1. The summed E-state index contributed by atoms with van der Waals surface area (Å²) in [6.07, 6.45) is 2.79. The van der Waals surface area contributed by atoms with Gasteiger partial charge < -0.3 is 36.1 Å². The normalized spacial score (nSPS) is 11.7. The molecule has 0 spiro atoms. The summed E-state index contributed by atoms with van der Waals surface area (Å²) in [5.74, 6) is 2.08. The lowest BCUT2D eigenvalue weighted by atomic mass is 9.91. The zero-order valence-corrected chi connectivity index (χ0v) is 19.5. The largest absolute Gasteiger partial charge is 1.00 e.